The minimum atomic E-state index is -3.62. The van der Waals surface area contributed by atoms with Crippen LogP contribution in [0, 0.1) is 13.8 Å². The van der Waals surface area contributed by atoms with Crippen LogP contribution in [0.2, 0.25) is 0 Å². The maximum absolute atomic E-state index is 12.0. The molecule has 92 valence electrons. The van der Waals surface area contributed by atoms with Crippen LogP contribution in [0.15, 0.2) is 25.3 Å². The molecule has 0 aromatic carbocycles. The Labute approximate surface area is 111 Å². The van der Waals surface area contributed by atoms with Crippen molar-refractivity contribution in [3.8, 4) is 0 Å². The zero-order valence-corrected chi connectivity index (χ0v) is 12.2. The van der Waals surface area contributed by atoms with Crippen LogP contribution in [-0.2, 0) is 10.0 Å². The van der Waals surface area contributed by atoms with Crippen LogP contribution in [0.1, 0.15) is 10.6 Å². The summed E-state index contributed by atoms with van der Waals surface area (Å²) in [6.45, 7) is 3.53. The highest BCUT2D eigenvalue weighted by atomic mass is 79.9. The Bertz CT molecular complexity index is 645. The summed E-state index contributed by atoms with van der Waals surface area (Å²) in [5.41, 5.74) is 0. The number of rotatable bonds is 3. The maximum Gasteiger partial charge on any atom is 0.265 e. The molecule has 5 nitrogen and oxygen atoms in total. The third-order valence-corrected chi connectivity index (χ3v) is 5.46. The van der Waals surface area contributed by atoms with Gasteiger partial charge in [-0.05, 0) is 35.8 Å². The Hall–Kier alpha value is -0.860. The number of hydrogen-bond donors (Lipinski definition) is 1. The Balaban J connectivity index is 2.34. The van der Waals surface area contributed by atoms with Crippen molar-refractivity contribution in [2.75, 3.05) is 4.72 Å². The summed E-state index contributed by atoms with van der Waals surface area (Å²) in [4.78, 5) is 1.12. The van der Waals surface area contributed by atoms with E-state index in [1.807, 2.05) is 6.92 Å². The standard InChI is InChI=1S/C9H9BrN2O3S2/c1-5-3-8(11-15-5)12-17(13,14)7-4-6(2)16-9(7)10/h3-4H,1-2H3,(H,11,12). The van der Waals surface area contributed by atoms with Gasteiger partial charge in [-0.2, -0.15) is 0 Å². The summed E-state index contributed by atoms with van der Waals surface area (Å²) >= 11 is 4.59. The van der Waals surface area contributed by atoms with Gasteiger partial charge >= 0.3 is 0 Å². The molecule has 17 heavy (non-hydrogen) atoms. The minimum Gasteiger partial charge on any atom is -0.360 e. The molecule has 0 unspecified atom stereocenters. The van der Waals surface area contributed by atoms with Crippen molar-refractivity contribution in [2.24, 2.45) is 0 Å². The normalized spacial score (nSPS) is 11.7. The molecule has 2 rings (SSSR count). The number of anilines is 1. The van der Waals surface area contributed by atoms with Gasteiger partial charge in [-0.15, -0.1) is 11.3 Å². The molecule has 0 spiro atoms. The van der Waals surface area contributed by atoms with Gasteiger partial charge in [-0.1, -0.05) is 5.16 Å². The van der Waals surface area contributed by atoms with Crippen LogP contribution in [0.5, 0.6) is 0 Å². The predicted molar refractivity (Wildman–Crippen MR) is 68.8 cm³/mol. The van der Waals surface area contributed by atoms with Crippen molar-refractivity contribution >= 4 is 43.1 Å². The molecule has 2 heterocycles. The van der Waals surface area contributed by atoms with Gasteiger partial charge in [0.1, 0.15) is 10.7 Å². The quantitative estimate of drug-likeness (QED) is 0.935. The lowest BCUT2D eigenvalue weighted by Gasteiger charge is -2.02. The van der Waals surface area contributed by atoms with Crippen LogP contribution in [0.3, 0.4) is 0 Å². The molecular formula is C9H9BrN2O3S2. The molecule has 0 amide bonds. The number of halogens is 1. The number of aryl methyl sites for hydroxylation is 2. The molecule has 2 aromatic heterocycles. The molecule has 2 aromatic rings. The van der Waals surface area contributed by atoms with Gasteiger partial charge in [0, 0.05) is 10.9 Å². The average molecular weight is 337 g/mol. The summed E-state index contributed by atoms with van der Waals surface area (Å²) in [6, 6.07) is 3.12. The van der Waals surface area contributed by atoms with Crippen molar-refractivity contribution in [2.45, 2.75) is 18.7 Å². The monoisotopic (exact) mass is 336 g/mol. The van der Waals surface area contributed by atoms with Crippen molar-refractivity contribution in [1.82, 2.24) is 5.16 Å². The van der Waals surface area contributed by atoms with Crippen LogP contribution in [-0.4, -0.2) is 13.6 Å². The molecule has 0 saturated heterocycles. The van der Waals surface area contributed by atoms with E-state index in [9.17, 15) is 8.42 Å². The Morgan fingerprint density at radius 2 is 2.12 bits per heavy atom. The first-order valence-electron chi connectivity index (χ1n) is 4.60. The summed E-state index contributed by atoms with van der Waals surface area (Å²) in [7, 11) is -3.62. The summed E-state index contributed by atoms with van der Waals surface area (Å²) in [6.07, 6.45) is 0. The maximum atomic E-state index is 12.0. The van der Waals surface area contributed by atoms with Crippen molar-refractivity contribution in [3.05, 3.63) is 26.6 Å². The number of thiophene rings is 1. The zero-order valence-electron chi connectivity index (χ0n) is 9.02. The first kappa shape index (κ1) is 12.6. The van der Waals surface area contributed by atoms with E-state index >= 15 is 0 Å². The van der Waals surface area contributed by atoms with Crippen LogP contribution in [0.25, 0.3) is 0 Å². The number of nitrogens with one attached hydrogen (secondary N) is 1. The average Bonchev–Trinajstić information content (AvgIpc) is 2.72. The first-order valence-corrected chi connectivity index (χ1v) is 7.70. The molecule has 0 atom stereocenters. The van der Waals surface area contributed by atoms with Crippen LogP contribution < -0.4 is 4.72 Å². The molecular weight excluding hydrogens is 328 g/mol. The molecule has 0 aliphatic rings. The topological polar surface area (TPSA) is 72.2 Å². The smallest absolute Gasteiger partial charge is 0.265 e. The second-order valence-corrected chi connectivity index (χ2v) is 7.65. The molecule has 0 saturated carbocycles. The number of nitrogens with zero attached hydrogens (tertiary/aromatic N) is 1. The van der Waals surface area contributed by atoms with Crippen LogP contribution >= 0.6 is 27.3 Å². The number of sulfonamides is 1. The van der Waals surface area contributed by atoms with Gasteiger partial charge in [-0.25, -0.2) is 8.42 Å². The molecule has 0 aliphatic carbocycles. The summed E-state index contributed by atoms with van der Waals surface area (Å²) in [5, 5.41) is 3.59. The van der Waals surface area contributed by atoms with Crippen molar-refractivity contribution in [3.63, 3.8) is 0 Å². The van der Waals surface area contributed by atoms with E-state index in [0.717, 1.165) is 4.88 Å². The highest BCUT2D eigenvalue weighted by molar-refractivity contribution is 9.11. The second-order valence-electron chi connectivity index (χ2n) is 3.42. The SMILES string of the molecule is Cc1cc(NS(=O)(=O)c2cc(C)sc2Br)no1. The van der Waals surface area contributed by atoms with Gasteiger partial charge in [-0.3, -0.25) is 4.72 Å². The third-order valence-electron chi connectivity index (χ3n) is 1.94. The zero-order chi connectivity index (χ0) is 12.6. The Morgan fingerprint density at radius 3 is 2.59 bits per heavy atom. The lowest BCUT2D eigenvalue weighted by molar-refractivity contribution is 0.400. The van der Waals surface area contributed by atoms with E-state index in [1.165, 1.54) is 17.4 Å². The fraction of sp³-hybridized carbons (Fsp3) is 0.222. The van der Waals surface area contributed by atoms with E-state index in [4.69, 9.17) is 4.52 Å². The number of aromatic nitrogens is 1. The lowest BCUT2D eigenvalue weighted by Crippen LogP contribution is -2.12. The number of hydrogen-bond acceptors (Lipinski definition) is 5. The first-order chi connectivity index (χ1) is 7.88. The van der Waals surface area contributed by atoms with Gasteiger partial charge in [0.2, 0.25) is 0 Å². The molecule has 0 radical (unpaired) electrons. The second kappa shape index (κ2) is 4.43. The fourth-order valence-electron chi connectivity index (χ4n) is 1.25. The largest absolute Gasteiger partial charge is 0.360 e. The minimum absolute atomic E-state index is 0.179. The predicted octanol–water partition coefficient (Wildman–Crippen LogP) is 2.92. The van der Waals surface area contributed by atoms with E-state index in [-0.39, 0.29) is 10.7 Å². The third kappa shape index (κ3) is 2.70. The van der Waals surface area contributed by atoms with Crippen LogP contribution in [0.4, 0.5) is 5.82 Å². The van der Waals surface area contributed by atoms with E-state index in [2.05, 4.69) is 25.8 Å². The van der Waals surface area contributed by atoms with Gasteiger partial charge < -0.3 is 4.52 Å². The Morgan fingerprint density at radius 1 is 1.41 bits per heavy atom. The van der Waals surface area contributed by atoms with Gasteiger partial charge in [0.05, 0.1) is 3.79 Å². The summed E-state index contributed by atoms with van der Waals surface area (Å²) < 4.78 is 31.8. The van der Waals surface area contributed by atoms with Gasteiger partial charge in [0.25, 0.3) is 10.0 Å². The lowest BCUT2D eigenvalue weighted by atomic mass is 10.5. The summed E-state index contributed by atoms with van der Waals surface area (Å²) in [5.74, 6) is 0.724. The molecule has 8 heteroatoms. The molecule has 0 bridgehead atoms. The van der Waals surface area contributed by atoms with E-state index < -0.39 is 10.0 Å². The Kier molecular flexibility index (Phi) is 3.28. The highest BCUT2D eigenvalue weighted by Gasteiger charge is 2.21. The molecule has 0 fully saturated rings. The molecule has 1 N–H and O–H groups in total. The van der Waals surface area contributed by atoms with Crippen molar-refractivity contribution in [1.29, 1.82) is 0 Å². The van der Waals surface area contributed by atoms with E-state index in [1.54, 1.807) is 13.0 Å². The fourth-order valence-corrected chi connectivity index (χ4v) is 4.94. The highest BCUT2D eigenvalue weighted by Crippen LogP contribution is 2.32. The molecule has 0 aliphatic heterocycles. The van der Waals surface area contributed by atoms with Gasteiger partial charge in [0.15, 0.2) is 5.82 Å². The van der Waals surface area contributed by atoms with E-state index in [0.29, 0.717) is 9.55 Å². The van der Waals surface area contributed by atoms with Crippen molar-refractivity contribution < 1.29 is 12.9 Å².